The molecule has 1 aliphatic carbocycles. The maximum absolute atomic E-state index is 12.9. The van der Waals surface area contributed by atoms with E-state index in [2.05, 4.69) is 5.32 Å². The highest BCUT2D eigenvalue weighted by atomic mass is 19.1. The predicted octanol–water partition coefficient (Wildman–Crippen LogP) is 1.50. The number of ether oxygens (including phenoxy) is 2. The average molecular weight is 253 g/mol. The van der Waals surface area contributed by atoms with E-state index >= 15 is 0 Å². The van der Waals surface area contributed by atoms with Gasteiger partial charge >= 0.3 is 5.97 Å². The van der Waals surface area contributed by atoms with E-state index in [4.69, 9.17) is 9.47 Å². The zero-order valence-corrected chi connectivity index (χ0v) is 10.2. The zero-order valence-electron chi connectivity index (χ0n) is 10.2. The molecule has 1 fully saturated rings. The van der Waals surface area contributed by atoms with Crippen molar-refractivity contribution in [1.82, 2.24) is 5.32 Å². The van der Waals surface area contributed by atoms with Crippen LogP contribution < -0.4 is 10.1 Å². The second-order valence-electron chi connectivity index (χ2n) is 4.29. The number of halogens is 1. The SMILES string of the molecule is COC(=O)C(COc1cccc(F)c1)NC1CC1. The van der Waals surface area contributed by atoms with Crippen molar-refractivity contribution in [3.63, 3.8) is 0 Å². The number of rotatable bonds is 6. The quantitative estimate of drug-likeness (QED) is 0.780. The fourth-order valence-electron chi connectivity index (χ4n) is 1.60. The van der Waals surface area contributed by atoms with E-state index in [1.807, 2.05) is 0 Å². The third-order valence-electron chi connectivity index (χ3n) is 2.71. The fraction of sp³-hybridized carbons (Fsp3) is 0.462. The standard InChI is InChI=1S/C13H16FNO3/c1-17-13(16)12(15-10-5-6-10)8-18-11-4-2-3-9(14)7-11/h2-4,7,10,12,15H,5-6,8H2,1H3. The number of benzene rings is 1. The Morgan fingerprint density at radius 1 is 1.56 bits per heavy atom. The lowest BCUT2D eigenvalue weighted by Crippen LogP contribution is -2.43. The molecule has 18 heavy (non-hydrogen) atoms. The minimum atomic E-state index is -0.509. The normalized spacial score (nSPS) is 16.1. The maximum atomic E-state index is 12.9. The van der Waals surface area contributed by atoms with Crippen LogP contribution in [-0.2, 0) is 9.53 Å². The fourth-order valence-corrected chi connectivity index (χ4v) is 1.60. The summed E-state index contributed by atoms with van der Waals surface area (Å²) in [5.74, 6) is -0.322. The van der Waals surface area contributed by atoms with Crippen LogP contribution in [0.5, 0.6) is 5.75 Å². The van der Waals surface area contributed by atoms with E-state index in [0.717, 1.165) is 12.8 Å². The smallest absolute Gasteiger partial charge is 0.326 e. The summed E-state index contributed by atoms with van der Waals surface area (Å²) < 4.78 is 23.0. The van der Waals surface area contributed by atoms with Gasteiger partial charge in [-0.25, -0.2) is 4.39 Å². The Balaban J connectivity index is 1.89. The first-order chi connectivity index (χ1) is 8.69. The lowest BCUT2D eigenvalue weighted by Gasteiger charge is -2.16. The Morgan fingerprint density at radius 2 is 2.33 bits per heavy atom. The largest absolute Gasteiger partial charge is 0.491 e. The maximum Gasteiger partial charge on any atom is 0.326 e. The molecule has 1 N–H and O–H groups in total. The van der Waals surface area contributed by atoms with Gasteiger partial charge in [-0.05, 0) is 25.0 Å². The highest BCUT2D eigenvalue weighted by Crippen LogP contribution is 2.20. The van der Waals surface area contributed by atoms with Crippen molar-refractivity contribution in [2.75, 3.05) is 13.7 Å². The first kappa shape index (κ1) is 12.8. The Morgan fingerprint density at radius 3 is 2.94 bits per heavy atom. The van der Waals surface area contributed by atoms with Gasteiger partial charge in [0.2, 0.25) is 0 Å². The Labute approximate surface area is 105 Å². The van der Waals surface area contributed by atoms with Gasteiger partial charge in [0, 0.05) is 12.1 Å². The summed E-state index contributed by atoms with van der Waals surface area (Å²) in [6.07, 6.45) is 2.13. The van der Waals surface area contributed by atoms with Gasteiger partial charge in [-0.3, -0.25) is 10.1 Å². The van der Waals surface area contributed by atoms with Crippen LogP contribution in [0.3, 0.4) is 0 Å². The molecule has 0 heterocycles. The van der Waals surface area contributed by atoms with Gasteiger partial charge in [-0.15, -0.1) is 0 Å². The summed E-state index contributed by atoms with van der Waals surface area (Å²) >= 11 is 0. The molecule has 0 saturated heterocycles. The van der Waals surface area contributed by atoms with Gasteiger partial charge in [0.05, 0.1) is 7.11 Å². The zero-order chi connectivity index (χ0) is 13.0. The summed E-state index contributed by atoms with van der Waals surface area (Å²) in [5.41, 5.74) is 0. The summed E-state index contributed by atoms with van der Waals surface area (Å²) in [6, 6.07) is 5.69. The summed E-state index contributed by atoms with van der Waals surface area (Å²) in [6.45, 7) is 0.132. The number of esters is 1. The molecule has 1 saturated carbocycles. The predicted molar refractivity (Wildman–Crippen MR) is 63.9 cm³/mol. The van der Waals surface area contributed by atoms with Crippen molar-refractivity contribution in [3.8, 4) is 5.75 Å². The second-order valence-corrected chi connectivity index (χ2v) is 4.29. The summed E-state index contributed by atoms with van der Waals surface area (Å²) in [4.78, 5) is 11.5. The van der Waals surface area contributed by atoms with Crippen LogP contribution in [0.1, 0.15) is 12.8 Å². The topological polar surface area (TPSA) is 47.6 Å². The molecule has 1 aromatic rings. The van der Waals surface area contributed by atoms with Gasteiger partial charge in [0.15, 0.2) is 0 Å². The molecule has 0 radical (unpaired) electrons. The Hall–Kier alpha value is -1.62. The third-order valence-corrected chi connectivity index (χ3v) is 2.71. The molecule has 5 heteroatoms. The Bertz CT molecular complexity index is 420. The van der Waals surface area contributed by atoms with E-state index < -0.39 is 6.04 Å². The number of carbonyl (C=O) groups excluding carboxylic acids is 1. The average Bonchev–Trinajstić information content (AvgIpc) is 3.17. The van der Waals surface area contributed by atoms with Crippen molar-refractivity contribution < 1.29 is 18.7 Å². The van der Waals surface area contributed by atoms with Crippen molar-refractivity contribution in [3.05, 3.63) is 30.1 Å². The number of hydrogen-bond donors (Lipinski definition) is 1. The summed E-state index contributed by atoms with van der Waals surface area (Å²) in [7, 11) is 1.34. The van der Waals surface area contributed by atoms with Crippen LogP contribution in [0, 0.1) is 5.82 Å². The van der Waals surface area contributed by atoms with Crippen LogP contribution in [-0.4, -0.2) is 31.8 Å². The van der Waals surface area contributed by atoms with Gasteiger partial charge in [-0.2, -0.15) is 0 Å². The van der Waals surface area contributed by atoms with E-state index in [-0.39, 0.29) is 18.4 Å². The molecule has 1 aliphatic rings. The first-order valence-electron chi connectivity index (χ1n) is 5.91. The summed E-state index contributed by atoms with van der Waals surface area (Å²) in [5, 5.41) is 3.13. The monoisotopic (exact) mass is 253 g/mol. The Kier molecular flexibility index (Phi) is 4.15. The minimum absolute atomic E-state index is 0.132. The highest BCUT2D eigenvalue weighted by Gasteiger charge is 2.29. The van der Waals surface area contributed by atoms with E-state index in [1.54, 1.807) is 12.1 Å². The van der Waals surface area contributed by atoms with E-state index in [1.165, 1.54) is 19.2 Å². The minimum Gasteiger partial charge on any atom is -0.491 e. The molecule has 0 aromatic heterocycles. The highest BCUT2D eigenvalue weighted by molar-refractivity contribution is 5.75. The third kappa shape index (κ3) is 3.70. The second kappa shape index (κ2) is 5.82. The van der Waals surface area contributed by atoms with Crippen molar-refractivity contribution in [1.29, 1.82) is 0 Å². The molecule has 0 bridgehead atoms. The lowest BCUT2D eigenvalue weighted by atomic mass is 10.3. The van der Waals surface area contributed by atoms with E-state index in [0.29, 0.717) is 11.8 Å². The first-order valence-corrected chi connectivity index (χ1v) is 5.91. The molecule has 98 valence electrons. The van der Waals surface area contributed by atoms with Crippen LogP contribution in [0.15, 0.2) is 24.3 Å². The van der Waals surface area contributed by atoms with Crippen molar-refractivity contribution in [2.45, 2.75) is 24.9 Å². The number of carbonyl (C=O) groups is 1. The molecular weight excluding hydrogens is 237 g/mol. The van der Waals surface area contributed by atoms with Crippen LogP contribution in [0.4, 0.5) is 4.39 Å². The number of methoxy groups -OCH3 is 1. The molecule has 0 aliphatic heterocycles. The molecule has 1 aromatic carbocycles. The van der Waals surface area contributed by atoms with Crippen LogP contribution >= 0.6 is 0 Å². The van der Waals surface area contributed by atoms with Crippen LogP contribution in [0.25, 0.3) is 0 Å². The van der Waals surface area contributed by atoms with E-state index in [9.17, 15) is 9.18 Å². The van der Waals surface area contributed by atoms with Gasteiger partial charge in [-0.1, -0.05) is 6.07 Å². The van der Waals surface area contributed by atoms with Crippen molar-refractivity contribution in [2.24, 2.45) is 0 Å². The number of hydrogen-bond acceptors (Lipinski definition) is 4. The van der Waals surface area contributed by atoms with Crippen molar-refractivity contribution >= 4 is 5.97 Å². The molecular formula is C13H16FNO3. The van der Waals surface area contributed by atoms with Crippen LogP contribution in [0.2, 0.25) is 0 Å². The molecule has 0 amide bonds. The van der Waals surface area contributed by atoms with Gasteiger partial charge in [0.1, 0.15) is 24.2 Å². The molecule has 4 nitrogen and oxygen atoms in total. The molecule has 0 spiro atoms. The molecule has 1 unspecified atom stereocenters. The molecule has 2 rings (SSSR count). The number of nitrogens with one attached hydrogen (secondary N) is 1. The molecule has 1 atom stereocenters. The lowest BCUT2D eigenvalue weighted by molar-refractivity contribution is -0.144. The van der Waals surface area contributed by atoms with Gasteiger partial charge in [0.25, 0.3) is 0 Å². The van der Waals surface area contributed by atoms with Gasteiger partial charge < -0.3 is 9.47 Å².